The van der Waals surface area contributed by atoms with Gasteiger partial charge in [-0.05, 0) is 36.8 Å². The first-order valence-corrected chi connectivity index (χ1v) is 7.23. The van der Waals surface area contributed by atoms with Crippen molar-refractivity contribution in [2.24, 2.45) is 0 Å². The Hall–Kier alpha value is -3.09. The van der Waals surface area contributed by atoms with Gasteiger partial charge in [0.25, 0.3) is 5.91 Å². The Morgan fingerprint density at radius 1 is 1.25 bits per heavy atom. The third-order valence-electron chi connectivity index (χ3n) is 3.92. The first kappa shape index (κ1) is 17.3. The highest BCUT2D eigenvalue weighted by Gasteiger charge is 2.22. The fraction of sp³-hybridized carbons (Fsp3) is 0.235. The van der Waals surface area contributed by atoms with Crippen molar-refractivity contribution < 1.29 is 19.6 Å². The number of rotatable bonds is 5. The molecule has 0 radical (unpaired) electrons. The van der Waals surface area contributed by atoms with Crippen LogP contribution in [0.4, 0.5) is 5.69 Å². The van der Waals surface area contributed by atoms with Crippen LogP contribution in [0, 0.1) is 10.1 Å². The lowest BCUT2D eigenvalue weighted by Crippen LogP contribution is -2.29. The molecule has 7 nitrogen and oxygen atoms in total. The van der Waals surface area contributed by atoms with E-state index in [0.29, 0.717) is 5.75 Å². The molecule has 1 amide bonds. The number of methoxy groups -OCH3 is 1. The second-order valence-electron chi connectivity index (χ2n) is 5.33. The largest absolute Gasteiger partial charge is 0.502 e. The molecule has 2 aromatic rings. The second kappa shape index (κ2) is 6.99. The fourth-order valence-corrected chi connectivity index (χ4v) is 2.29. The van der Waals surface area contributed by atoms with Crippen molar-refractivity contribution in [2.45, 2.75) is 13.0 Å². The van der Waals surface area contributed by atoms with Crippen LogP contribution < -0.4 is 4.74 Å². The quantitative estimate of drug-likeness (QED) is 0.671. The number of nitrogens with zero attached hydrogens (tertiary/aromatic N) is 2. The SMILES string of the molecule is COc1ccc(C(C)N(C)C(=O)c2ccc(O)c([N+](=O)[O-])c2)cc1. The van der Waals surface area contributed by atoms with E-state index >= 15 is 0 Å². The maximum atomic E-state index is 12.6. The molecule has 0 saturated carbocycles. The first-order valence-electron chi connectivity index (χ1n) is 7.23. The van der Waals surface area contributed by atoms with Crippen LogP contribution in [0.15, 0.2) is 42.5 Å². The summed E-state index contributed by atoms with van der Waals surface area (Å²) in [5.74, 6) is -0.127. The second-order valence-corrected chi connectivity index (χ2v) is 5.33. The van der Waals surface area contributed by atoms with E-state index in [0.717, 1.165) is 17.7 Å². The molecule has 1 unspecified atom stereocenters. The lowest BCUT2D eigenvalue weighted by atomic mass is 10.1. The molecule has 0 saturated heterocycles. The zero-order valence-electron chi connectivity index (χ0n) is 13.6. The van der Waals surface area contributed by atoms with Gasteiger partial charge in [0.15, 0.2) is 5.75 Å². The normalized spacial score (nSPS) is 11.6. The molecular formula is C17H18N2O5. The van der Waals surface area contributed by atoms with E-state index in [4.69, 9.17) is 4.74 Å². The lowest BCUT2D eigenvalue weighted by Gasteiger charge is -2.25. The number of aromatic hydroxyl groups is 1. The summed E-state index contributed by atoms with van der Waals surface area (Å²) >= 11 is 0. The topological polar surface area (TPSA) is 92.9 Å². The molecule has 0 aliphatic rings. The zero-order chi connectivity index (χ0) is 17.9. The third-order valence-corrected chi connectivity index (χ3v) is 3.92. The van der Waals surface area contributed by atoms with Crippen molar-refractivity contribution in [2.75, 3.05) is 14.2 Å². The van der Waals surface area contributed by atoms with Gasteiger partial charge in [-0.15, -0.1) is 0 Å². The van der Waals surface area contributed by atoms with Crippen molar-refractivity contribution in [1.82, 2.24) is 4.90 Å². The Morgan fingerprint density at radius 2 is 1.88 bits per heavy atom. The van der Waals surface area contributed by atoms with Gasteiger partial charge in [0.05, 0.1) is 18.1 Å². The Balaban J connectivity index is 2.24. The number of ether oxygens (including phenoxy) is 1. The molecule has 2 aromatic carbocycles. The van der Waals surface area contributed by atoms with Gasteiger partial charge in [0, 0.05) is 18.7 Å². The lowest BCUT2D eigenvalue weighted by molar-refractivity contribution is -0.385. The van der Waals surface area contributed by atoms with E-state index in [2.05, 4.69) is 0 Å². The zero-order valence-corrected chi connectivity index (χ0v) is 13.6. The summed E-state index contributed by atoms with van der Waals surface area (Å²) in [7, 11) is 3.20. The van der Waals surface area contributed by atoms with E-state index in [1.807, 2.05) is 19.1 Å². The fourth-order valence-electron chi connectivity index (χ4n) is 2.29. The molecule has 0 aliphatic heterocycles. The highest BCUT2D eigenvalue weighted by Crippen LogP contribution is 2.28. The molecule has 1 atom stereocenters. The van der Waals surface area contributed by atoms with Crippen LogP contribution in [0.2, 0.25) is 0 Å². The Bertz CT molecular complexity index is 758. The average Bonchev–Trinajstić information content (AvgIpc) is 2.60. The number of amides is 1. The minimum Gasteiger partial charge on any atom is -0.502 e. The van der Waals surface area contributed by atoms with Gasteiger partial charge in [-0.1, -0.05) is 12.1 Å². The van der Waals surface area contributed by atoms with Crippen LogP contribution in [-0.4, -0.2) is 35.0 Å². The van der Waals surface area contributed by atoms with Gasteiger partial charge in [0.1, 0.15) is 5.75 Å². The van der Waals surface area contributed by atoms with Crippen LogP contribution in [0.5, 0.6) is 11.5 Å². The van der Waals surface area contributed by atoms with Crippen LogP contribution in [0.1, 0.15) is 28.9 Å². The van der Waals surface area contributed by atoms with Gasteiger partial charge in [-0.3, -0.25) is 14.9 Å². The van der Waals surface area contributed by atoms with Gasteiger partial charge in [-0.2, -0.15) is 0 Å². The van der Waals surface area contributed by atoms with Crippen molar-refractivity contribution in [3.63, 3.8) is 0 Å². The molecule has 126 valence electrons. The minimum atomic E-state index is -0.723. The summed E-state index contributed by atoms with van der Waals surface area (Å²) in [4.78, 5) is 24.2. The standard InChI is InChI=1S/C17H18N2O5/c1-11(12-4-7-14(24-3)8-5-12)18(2)17(21)13-6-9-16(20)15(10-13)19(22)23/h4-11,20H,1-3H3. The molecule has 2 rings (SSSR count). The van der Waals surface area contributed by atoms with Crippen LogP contribution in [-0.2, 0) is 0 Å². The monoisotopic (exact) mass is 330 g/mol. The summed E-state index contributed by atoms with van der Waals surface area (Å²) in [6, 6.07) is 10.7. The molecule has 7 heteroatoms. The Morgan fingerprint density at radius 3 is 2.42 bits per heavy atom. The predicted molar refractivity (Wildman–Crippen MR) is 88.3 cm³/mol. The number of benzene rings is 2. The van der Waals surface area contributed by atoms with Crippen molar-refractivity contribution in [3.8, 4) is 11.5 Å². The maximum absolute atomic E-state index is 12.6. The number of phenolic OH excluding ortho intramolecular Hbond substituents is 1. The van der Waals surface area contributed by atoms with Gasteiger partial charge in [0.2, 0.25) is 0 Å². The highest BCUT2D eigenvalue weighted by molar-refractivity contribution is 5.95. The van der Waals surface area contributed by atoms with Gasteiger partial charge < -0.3 is 14.7 Å². The van der Waals surface area contributed by atoms with Crippen molar-refractivity contribution in [3.05, 3.63) is 63.7 Å². The molecule has 0 fully saturated rings. The maximum Gasteiger partial charge on any atom is 0.311 e. The minimum absolute atomic E-state index is 0.141. The van der Waals surface area contributed by atoms with E-state index in [1.54, 1.807) is 26.3 Å². The molecule has 0 bridgehead atoms. The van der Waals surface area contributed by atoms with Crippen molar-refractivity contribution in [1.29, 1.82) is 0 Å². The highest BCUT2D eigenvalue weighted by atomic mass is 16.6. The average molecular weight is 330 g/mol. The number of carbonyl (C=O) groups excluding carboxylic acids is 1. The summed E-state index contributed by atoms with van der Waals surface area (Å²) in [6.45, 7) is 1.86. The van der Waals surface area contributed by atoms with Crippen molar-refractivity contribution >= 4 is 11.6 Å². The summed E-state index contributed by atoms with van der Waals surface area (Å²) in [6.07, 6.45) is 0. The number of nitro benzene ring substituents is 1. The Kier molecular flexibility index (Phi) is 5.03. The number of nitro groups is 1. The summed E-state index contributed by atoms with van der Waals surface area (Å²) in [5.41, 5.74) is 0.550. The number of phenols is 1. The van der Waals surface area contributed by atoms with E-state index in [9.17, 15) is 20.0 Å². The summed E-state index contributed by atoms with van der Waals surface area (Å²) < 4.78 is 5.10. The number of carbonyl (C=O) groups is 1. The van der Waals surface area contributed by atoms with E-state index < -0.39 is 16.4 Å². The third kappa shape index (κ3) is 3.45. The smallest absolute Gasteiger partial charge is 0.311 e. The van der Waals surface area contributed by atoms with Gasteiger partial charge in [-0.25, -0.2) is 0 Å². The first-order chi connectivity index (χ1) is 11.3. The molecule has 0 aliphatic carbocycles. The Labute approximate surface area is 139 Å². The molecule has 0 aromatic heterocycles. The predicted octanol–water partition coefficient (Wildman–Crippen LogP) is 3.14. The molecule has 1 N–H and O–H groups in total. The molecule has 0 spiro atoms. The molecule has 0 heterocycles. The number of hydrogen-bond donors (Lipinski definition) is 1. The number of hydrogen-bond acceptors (Lipinski definition) is 5. The van der Waals surface area contributed by atoms with Crippen LogP contribution in [0.25, 0.3) is 0 Å². The van der Waals surface area contributed by atoms with E-state index in [-0.39, 0.29) is 17.5 Å². The molecular weight excluding hydrogens is 312 g/mol. The van der Waals surface area contributed by atoms with E-state index in [1.165, 1.54) is 11.0 Å². The molecule has 24 heavy (non-hydrogen) atoms. The van der Waals surface area contributed by atoms with Gasteiger partial charge >= 0.3 is 5.69 Å². The summed E-state index contributed by atoms with van der Waals surface area (Å²) in [5, 5.41) is 20.4. The van der Waals surface area contributed by atoms with Crippen LogP contribution in [0.3, 0.4) is 0 Å². The van der Waals surface area contributed by atoms with Crippen LogP contribution >= 0.6 is 0 Å².